The molecule has 0 aliphatic heterocycles. The molecule has 6 nitrogen and oxygen atoms in total. The molecule has 1 heterocycles. The maximum absolute atomic E-state index is 12.6. The molecule has 166 valence electrons. The van der Waals surface area contributed by atoms with Crippen molar-refractivity contribution in [1.82, 2.24) is 10.3 Å². The number of carbonyl (C=O) groups is 2. The zero-order valence-electron chi connectivity index (χ0n) is 17.6. The minimum absolute atomic E-state index is 0.209. The Morgan fingerprint density at radius 2 is 1.88 bits per heavy atom. The normalized spacial score (nSPS) is 10.1. The van der Waals surface area contributed by atoms with Gasteiger partial charge in [0.05, 0.1) is 16.7 Å². The Morgan fingerprint density at radius 1 is 1.09 bits per heavy atom. The van der Waals surface area contributed by atoms with Crippen molar-refractivity contribution in [2.24, 2.45) is 0 Å². The van der Waals surface area contributed by atoms with Gasteiger partial charge in [-0.15, -0.1) is 0 Å². The van der Waals surface area contributed by atoms with Gasteiger partial charge < -0.3 is 19.8 Å². The fourth-order valence-electron chi connectivity index (χ4n) is 3.20. The zero-order chi connectivity index (χ0) is 24.0. The molecule has 0 fully saturated rings. The molecule has 33 heavy (non-hydrogen) atoms. The summed E-state index contributed by atoms with van der Waals surface area (Å²) in [6.07, 6.45) is 0. The molecule has 3 aromatic carbocycles. The van der Waals surface area contributed by atoms with Gasteiger partial charge >= 0.3 is 0 Å². The number of benzene rings is 3. The summed E-state index contributed by atoms with van der Waals surface area (Å²) in [5.74, 6) is 0.598. The van der Waals surface area contributed by atoms with Crippen LogP contribution >= 0.6 is 23.2 Å². The highest BCUT2D eigenvalue weighted by Crippen LogP contribution is 2.32. The summed E-state index contributed by atoms with van der Waals surface area (Å²) in [6, 6.07) is 19.8. The SMILES string of the molecule is C=O.Cc1ccc2[nH]c(C(=O)NCc3ccc(Cl)c(Oc4cc(Cl)cc(C#N)c4)c3)cc2c1. The van der Waals surface area contributed by atoms with Gasteiger partial charge in [-0.3, -0.25) is 4.79 Å². The number of carbonyl (C=O) groups excluding carboxylic acids is 2. The number of hydrogen-bond donors (Lipinski definition) is 2. The van der Waals surface area contributed by atoms with Crippen molar-refractivity contribution >= 4 is 46.8 Å². The van der Waals surface area contributed by atoms with Crippen molar-refractivity contribution in [3.63, 3.8) is 0 Å². The first-order valence-electron chi connectivity index (χ1n) is 9.75. The number of aromatic nitrogens is 1. The van der Waals surface area contributed by atoms with E-state index in [1.165, 1.54) is 0 Å². The summed E-state index contributed by atoms with van der Waals surface area (Å²) in [5, 5.41) is 13.8. The molecule has 0 radical (unpaired) electrons. The monoisotopic (exact) mass is 479 g/mol. The number of hydrogen-bond acceptors (Lipinski definition) is 4. The van der Waals surface area contributed by atoms with E-state index in [-0.39, 0.29) is 5.91 Å². The third-order valence-corrected chi connectivity index (χ3v) is 5.23. The molecule has 1 amide bonds. The molecule has 8 heteroatoms. The first-order valence-corrected chi connectivity index (χ1v) is 10.5. The molecule has 0 spiro atoms. The highest BCUT2D eigenvalue weighted by atomic mass is 35.5. The fraction of sp³-hybridized carbons (Fsp3) is 0.0800. The van der Waals surface area contributed by atoms with Gasteiger partial charge in [0, 0.05) is 22.5 Å². The molecule has 0 unspecified atom stereocenters. The van der Waals surface area contributed by atoms with Crippen molar-refractivity contribution in [3.8, 4) is 17.6 Å². The van der Waals surface area contributed by atoms with Crippen LogP contribution in [0, 0.1) is 18.3 Å². The highest BCUT2D eigenvalue weighted by Gasteiger charge is 2.11. The van der Waals surface area contributed by atoms with E-state index in [1.54, 1.807) is 30.3 Å². The second kappa shape index (κ2) is 10.7. The number of nitrogens with one attached hydrogen (secondary N) is 2. The fourth-order valence-corrected chi connectivity index (χ4v) is 3.58. The smallest absolute Gasteiger partial charge is 0.267 e. The number of nitriles is 1. The van der Waals surface area contributed by atoms with Crippen LogP contribution in [-0.4, -0.2) is 17.7 Å². The van der Waals surface area contributed by atoms with Crippen molar-refractivity contribution in [3.05, 3.63) is 93.1 Å². The first-order chi connectivity index (χ1) is 15.9. The Hall–Kier alpha value is -3.79. The van der Waals surface area contributed by atoms with Gasteiger partial charge in [0.25, 0.3) is 5.91 Å². The summed E-state index contributed by atoms with van der Waals surface area (Å²) < 4.78 is 5.83. The Kier molecular flexibility index (Phi) is 7.73. The van der Waals surface area contributed by atoms with E-state index in [4.69, 9.17) is 38.0 Å². The van der Waals surface area contributed by atoms with E-state index in [0.717, 1.165) is 22.0 Å². The first kappa shape index (κ1) is 23.9. The van der Waals surface area contributed by atoms with Gasteiger partial charge in [0.2, 0.25) is 0 Å². The minimum atomic E-state index is -0.209. The topological polar surface area (TPSA) is 95.0 Å². The van der Waals surface area contributed by atoms with Gasteiger partial charge in [-0.2, -0.15) is 5.26 Å². The molecule has 0 aliphatic rings. The second-order valence-corrected chi connectivity index (χ2v) is 7.95. The third kappa shape index (κ3) is 5.92. The molecule has 1 aromatic heterocycles. The maximum Gasteiger partial charge on any atom is 0.267 e. The molecular weight excluding hydrogens is 461 g/mol. The maximum atomic E-state index is 12.6. The second-order valence-electron chi connectivity index (χ2n) is 7.11. The van der Waals surface area contributed by atoms with Crippen LogP contribution in [0.25, 0.3) is 10.9 Å². The van der Waals surface area contributed by atoms with Crippen LogP contribution in [0.5, 0.6) is 11.5 Å². The van der Waals surface area contributed by atoms with Crippen LogP contribution in [-0.2, 0) is 11.3 Å². The number of amides is 1. The van der Waals surface area contributed by atoms with Crippen molar-refractivity contribution in [2.75, 3.05) is 0 Å². The summed E-state index contributed by atoms with van der Waals surface area (Å²) in [4.78, 5) is 23.7. The summed E-state index contributed by atoms with van der Waals surface area (Å²) in [7, 11) is 0. The van der Waals surface area contributed by atoms with E-state index in [2.05, 4.69) is 10.3 Å². The number of halogens is 2. The number of nitrogens with zero attached hydrogens (tertiary/aromatic N) is 1. The number of H-pyrrole nitrogens is 1. The van der Waals surface area contributed by atoms with Crippen LogP contribution in [0.15, 0.2) is 60.7 Å². The molecule has 0 bridgehead atoms. The largest absolute Gasteiger partial charge is 0.456 e. The van der Waals surface area contributed by atoms with Crippen molar-refractivity contribution in [2.45, 2.75) is 13.5 Å². The molecule has 0 atom stereocenters. The van der Waals surface area contributed by atoms with E-state index in [0.29, 0.717) is 39.3 Å². The van der Waals surface area contributed by atoms with E-state index in [1.807, 2.05) is 50.1 Å². The van der Waals surface area contributed by atoms with Gasteiger partial charge in [-0.05, 0) is 61.0 Å². The summed E-state index contributed by atoms with van der Waals surface area (Å²) >= 11 is 12.3. The molecular formula is C25H19Cl2N3O3. The number of aromatic amines is 1. The van der Waals surface area contributed by atoms with Crippen LogP contribution < -0.4 is 10.1 Å². The van der Waals surface area contributed by atoms with Crippen LogP contribution in [0.2, 0.25) is 10.0 Å². The lowest BCUT2D eigenvalue weighted by molar-refractivity contribution is -0.0980. The quantitative estimate of drug-likeness (QED) is 0.356. The van der Waals surface area contributed by atoms with Crippen LogP contribution in [0.4, 0.5) is 0 Å². The van der Waals surface area contributed by atoms with Gasteiger partial charge in [0.1, 0.15) is 24.0 Å². The Morgan fingerprint density at radius 3 is 2.64 bits per heavy atom. The molecule has 0 saturated carbocycles. The Balaban J connectivity index is 0.00000149. The molecule has 4 rings (SSSR count). The number of aryl methyl sites for hydroxylation is 1. The average molecular weight is 480 g/mol. The zero-order valence-corrected chi connectivity index (χ0v) is 19.1. The molecule has 4 aromatic rings. The van der Waals surface area contributed by atoms with Crippen molar-refractivity contribution < 1.29 is 14.3 Å². The van der Waals surface area contributed by atoms with E-state index >= 15 is 0 Å². The van der Waals surface area contributed by atoms with Gasteiger partial charge in [-0.25, -0.2) is 0 Å². The van der Waals surface area contributed by atoms with Gasteiger partial charge in [-0.1, -0.05) is 40.9 Å². The Labute approximate surface area is 200 Å². The van der Waals surface area contributed by atoms with Crippen molar-refractivity contribution in [1.29, 1.82) is 5.26 Å². The van der Waals surface area contributed by atoms with E-state index < -0.39 is 0 Å². The molecule has 0 saturated heterocycles. The molecule has 0 aliphatic carbocycles. The number of rotatable bonds is 5. The summed E-state index contributed by atoms with van der Waals surface area (Å²) in [6.45, 7) is 4.30. The lowest BCUT2D eigenvalue weighted by Gasteiger charge is -2.11. The minimum Gasteiger partial charge on any atom is -0.456 e. The molecule has 2 N–H and O–H groups in total. The third-order valence-electron chi connectivity index (χ3n) is 4.70. The lowest BCUT2D eigenvalue weighted by atomic mass is 10.2. The van der Waals surface area contributed by atoms with Crippen LogP contribution in [0.3, 0.4) is 0 Å². The highest BCUT2D eigenvalue weighted by molar-refractivity contribution is 6.32. The summed E-state index contributed by atoms with van der Waals surface area (Å²) in [5.41, 5.74) is 3.73. The van der Waals surface area contributed by atoms with Gasteiger partial charge in [0.15, 0.2) is 0 Å². The number of fused-ring (bicyclic) bond motifs is 1. The lowest BCUT2D eigenvalue weighted by Crippen LogP contribution is -2.23. The van der Waals surface area contributed by atoms with Crippen LogP contribution in [0.1, 0.15) is 27.2 Å². The van der Waals surface area contributed by atoms with E-state index in [9.17, 15) is 4.79 Å². The predicted molar refractivity (Wildman–Crippen MR) is 129 cm³/mol. The standard InChI is InChI=1S/C24H17Cl2N3O2.CH2O/c1-14-2-5-21-17(6-14)10-22(29-21)24(30)28-13-15-3-4-20(26)23(9-15)31-19-8-16(12-27)7-18(25)11-19;1-2/h2-11,29H,13H2,1H3,(H,28,30);1H2. The Bertz CT molecular complexity index is 1360. The number of ether oxygens (including phenoxy) is 1. The predicted octanol–water partition coefficient (Wildman–Crippen LogP) is 6.19. The average Bonchev–Trinajstić information content (AvgIpc) is 3.23.